The zero-order valence-electron chi connectivity index (χ0n) is 10.4. The topological polar surface area (TPSA) is 85.8 Å². The summed E-state index contributed by atoms with van der Waals surface area (Å²) in [6, 6.07) is 3.36. The number of hydrogen-bond acceptors (Lipinski definition) is 4. The number of aromatic nitrogens is 3. The molecule has 0 aliphatic carbocycles. The minimum absolute atomic E-state index is 0.240. The van der Waals surface area contributed by atoms with Crippen LogP contribution in [-0.2, 0) is 13.5 Å². The molecule has 0 fully saturated rings. The van der Waals surface area contributed by atoms with Gasteiger partial charge in [-0.3, -0.25) is 9.48 Å². The van der Waals surface area contributed by atoms with Crippen LogP contribution in [0.1, 0.15) is 16.1 Å². The SMILES string of the molecule is Cn1ccc(CCNC(=O)c2cc(Cl)ncc2N)n1. The highest BCUT2D eigenvalue weighted by molar-refractivity contribution is 6.29. The van der Waals surface area contributed by atoms with Crippen molar-refractivity contribution < 1.29 is 4.79 Å². The Morgan fingerprint density at radius 2 is 2.37 bits per heavy atom. The highest BCUT2D eigenvalue weighted by atomic mass is 35.5. The third-order valence-corrected chi connectivity index (χ3v) is 2.79. The molecule has 0 aliphatic heterocycles. The summed E-state index contributed by atoms with van der Waals surface area (Å²) in [4.78, 5) is 15.7. The molecule has 2 rings (SSSR count). The van der Waals surface area contributed by atoms with E-state index < -0.39 is 0 Å². The van der Waals surface area contributed by atoms with Crippen LogP contribution in [-0.4, -0.2) is 27.2 Å². The van der Waals surface area contributed by atoms with E-state index in [1.165, 1.54) is 12.3 Å². The maximum absolute atomic E-state index is 11.9. The van der Waals surface area contributed by atoms with Gasteiger partial charge in [-0.1, -0.05) is 11.6 Å². The summed E-state index contributed by atoms with van der Waals surface area (Å²) < 4.78 is 1.72. The summed E-state index contributed by atoms with van der Waals surface area (Å²) >= 11 is 5.73. The van der Waals surface area contributed by atoms with Crippen LogP contribution in [0.15, 0.2) is 24.5 Å². The first-order valence-corrected chi connectivity index (χ1v) is 6.12. The van der Waals surface area contributed by atoms with Gasteiger partial charge >= 0.3 is 0 Å². The molecule has 0 radical (unpaired) electrons. The molecular weight excluding hydrogens is 266 g/mol. The van der Waals surface area contributed by atoms with Crippen LogP contribution in [0.2, 0.25) is 5.15 Å². The molecule has 0 unspecified atom stereocenters. The summed E-state index contributed by atoms with van der Waals surface area (Å²) in [7, 11) is 1.85. The monoisotopic (exact) mass is 279 g/mol. The number of nitrogens with one attached hydrogen (secondary N) is 1. The summed E-state index contributed by atoms with van der Waals surface area (Å²) in [5, 5.41) is 7.23. The molecule has 1 amide bonds. The lowest BCUT2D eigenvalue weighted by molar-refractivity contribution is 0.0955. The predicted octanol–water partition coefficient (Wildman–Crippen LogP) is 1.02. The van der Waals surface area contributed by atoms with Crippen molar-refractivity contribution in [1.82, 2.24) is 20.1 Å². The fourth-order valence-electron chi connectivity index (χ4n) is 1.63. The third-order valence-electron chi connectivity index (χ3n) is 2.58. The van der Waals surface area contributed by atoms with Crippen molar-refractivity contribution in [3.8, 4) is 0 Å². The van der Waals surface area contributed by atoms with Gasteiger partial charge in [0.15, 0.2) is 0 Å². The number of hydrogen-bond donors (Lipinski definition) is 2. The van der Waals surface area contributed by atoms with E-state index in [-0.39, 0.29) is 11.1 Å². The molecule has 0 atom stereocenters. The molecular formula is C12H14ClN5O. The van der Waals surface area contributed by atoms with Gasteiger partial charge in [0.1, 0.15) is 5.15 Å². The van der Waals surface area contributed by atoms with Crippen LogP contribution >= 0.6 is 11.6 Å². The van der Waals surface area contributed by atoms with E-state index in [1.54, 1.807) is 4.68 Å². The van der Waals surface area contributed by atoms with Crippen molar-refractivity contribution >= 4 is 23.2 Å². The van der Waals surface area contributed by atoms with E-state index in [0.29, 0.717) is 24.2 Å². The van der Waals surface area contributed by atoms with E-state index in [1.807, 2.05) is 19.3 Å². The molecule has 0 saturated carbocycles. The normalized spacial score (nSPS) is 10.4. The van der Waals surface area contributed by atoms with E-state index in [0.717, 1.165) is 5.69 Å². The Kier molecular flexibility index (Phi) is 4.01. The number of aryl methyl sites for hydroxylation is 1. The van der Waals surface area contributed by atoms with Gasteiger partial charge in [-0.25, -0.2) is 4.98 Å². The number of nitrogens with two attached hydrogens (primary N) is 1. The van der Waals surface area contributed by atoms with Gasteiger partial charge in [-0.15, -0.1) is 0 Å². The Labute approximate surface area is 115 Å². The van der Waals surface area contributed by atoms with Crippen molar-refractivity contribution in [1.29, 1.82) is 0 Å². The molecule has 0 spiro atoms. The zero-order chi connectivity index (χ0) is 13.8. The minimum atomic E-state index is -0.266. The third kappa shape index (κ3) is 3.45. The number of pyridine rings is 1. The van der Waals surface area contributed by atoms with Gasteiger partial charge in [0, 0.05) is 26.2 Å². The standard InChI is InChI=1S/C12H14ClN5O/c1-18-5-3-8(17-18)2-4-15-12(19)9-6-11(13)16-7-10(9)14/h3,5-7H,2,4,14H2,1H3,(H,15,19). The first-order chi connectivity index (χ1) is 9.06. The Bertz CT molecular complexity index is 596. The smallest absolute Gasteiger partial charge is 0.253 e. The van der Waals surface area contributed by atoms with Crippen molar-refractivity contribution in [3.63, 3.8) is 0 Å². The van der Waals surface area contributed by atoms with Gasteiger partial charge in [0.25, 0.3) is 5.91 Å². The molecule has 2 heterocycles. The molecule has 0 saturated heterocycles. The molecule has 6 nitrogen and oxygen atoms in total. The number of nitrogens with zero attached hydrogens (tertiary/aromatic N) is 3. The summed E-state index contributed by atoms with van der Waals surface area (Å²) in [6.07, 6.45) is 3.89. The fraction of sp³-hybridized carbons (Fsp3) is 0.250. The van der Waals surface area contributed by atoms with Crippen LogP contribution < -0.4 is 11.1 Å². The summed E-state index contributed by atoms with van der Waals surface area (Å²) in [5.74, 6) is -0.266. The van der Waals surface area contributed by atoms with Gasteiger partial charge in [0.05, 0.1) is 23.1 Å². The number of carbonyl (C=O) groups excluding carboxylic acids is 1. The van der Waals surface area contributed by atoms with Crippen molar-refractivity contribution in [2.45, 2.75) is 6.42 Å². The van der Waals surface area contributed by atoms with Gasteiger partial charge in [-0.2, -0.15) is 5.10 Å². The molecule has 3 N–H and O–H groups in total. The number of rotatable bonds is 4. The average molecular weight is 280 g/mol. The molecule has 19 heavy (non-hydrogen) atoms. The van der Waals surface area contributed by atoms with E-state index in [2.05, 4.69) is 15.4 Å². The largest absolute Gasteiger partial charge is 0.397 e. The van der Waals surface area contributed by atoms with Crippen molar-refractivity contribution in [2.24, 2.45) is 7.05 Å². The number of nitrogen functional groups attached to an aromatic ring is 1. The second kappa shape index (κ2) is 5.71. The Morgan fingerprint density at radius 1 is 1.58 bits per heavy atom. The van der Waals surface area contributed by atoms with Crippen LogP contribution in [0.4, 0.5) is 5.69 Å². The highest BCUT2D eigenvalue weighted by Gasteiger charge is 2.10. The molecule has 0 aliphatic rings. The number of amides is 1. The van der Waals surface area contributed by atoms with Crippen LogP contribution in [0.5, 0.6) is 0 Å². The van der Waals surface area contributed by atoms with Crippen LogP contribution in [0, 0.1) is 0 Å². The highest BCUT2D eigenvalue weighted by Crippen LogP contribution is 2.14. The molecule has 2 aromatic heterocycles. The lowest BCUT2D eigenvalue weighted by Gasteiger charge is -2.06. The maximum atomic E-state index is 11.9. The summed E-state index contributed by atoms with van der Waals surface area (Å²) in [6.45, 7) is 0.481. The number of halogens is 1. The number of carbonyl (C=O) groups is 1. The Morgan fingerprint density at radius 3 is 3.05 bits per heavy atom. The zero-order valence-corrected chi connectivity index (χ0v) is 11.2. The lowest BCUT2D eigenvalue weighted by Crippen LogP contribution is -2.26. The summed E-state index contributed by atoms with van der Waals surface area (Å²) in [5.41, 5.74) is 7.24. The molecule has 2 aromatic rings. The van der Waals surface area contributed by atoms with Crippen LogP contribution in [0.25, 0.3) is 0 Å². The predicted molar refractivity (Wildman–Crippen MR) is 72.9 cm³/mol. The first kappa shape index (κ1) is 13.4. The molecule has 100 valence electrons. The molecule has 7 heteroatoms. The van der Waals surface area contributed by atoms with Crippen molar-refractivity contribution in [2.75, 3.05) is 12.3 Å². The van der Waals surface area contributed by atoms with Gasteiger partial charge in [0.2, 0.25) is 0 Å². The van der Waals surface area contributed by atoms with Gasteiger partial charge < -0.3 is 11.1 Å². The average Bonchev–Trinajstić information content (AvgIpc) is 2.78. The second-order valence-corrected chi connectivity index (χ2v) is 4.47. The number of anilines is 1. The lowest BCUT2D eigenvalue weighted by atomic mass is 10.2. The van der Waals surface area contributed by atoms with Crippen molar-refractivity contribution in [3.05, 3.63) is 40.9 Å². The Hall–Kier alpha value is -2.08. The van der Waals surface area contributed by atoms with E-state index in [9.17, 15) is 4.79 Å². The first-order valence-electron chi connectivity index (χ1n) is 5.74. The second-order valence-electron chi connectivity index (χ2n) is 4.08. The van der Waals surface area contributed by atoms with E-state index >= 15 is 0 Å². The minimum Gasteiger partial charge on any atom is -0.397 e. The van der Waals surface area contributed by atoms with Crippen LogP contribution in [0.3, 0.4) is 0 Å². The van der Waals surface area contributed by atoms with E-state index in [4.69, 9.17) is 17.3 Å². The molecule has 0 bridgehead atoms. The quantitative estimate of drug-likeness (QED) is 0.818. The molecule has 0 aromatic carbocycles. The van der Waals surface area contributed by atoms with Gasteiger partial charge in [-0.05, 0) is 12.1 Å². The fourth-order valence-corrected chi connectivity index (χ4v) is 1.79. The Balaban J connectivity index is 1.92. The maximum Gasteiger partial charge on any atom is 0.253 e.